The van der Waals surface area contributed by atoms with Crippen molar-refractivity contribution in [2.45, 2.75) is 26.4 Å². The molecule has 0 aliphatic carbocycles. The number of hydrogen-bond acceptors (Lipinski definition) is 4. The summed E-state index contributed by atoms with van der Waals surface area (Å²) in [5.41, 5.74) is 3.12. The Morgan fingerprint density at radius 3 is 2.23 bits per heavy atom. The van der Waals surface area contributed by atoms with Gasteiger partial charge >= 0.3 is 5.97 Å². The summed E-state index contributed by atoms with van der Waals surface area (Å²) in [7, 11) is 0. The minimum absolute atomic E-state index is 0.280. The maximum absolute atomic E-state index is 12.5. The number of para-hydroxylation sites is 1. The van der Waals surface area contributed by atoms with Gasteiger partial charge in [-0.25, -0.2) is 4.79 Å². The predicted octanol–water partition coefficient (Wildman–Crippen LogP) is 5.18. The fourth-order valence-electron chi connectivity index (χ4n) is 2.85. The lowest BCUT2D eigenvalue weighted by molar-refractivity contribution is -0.119. The molecule has 0 bridgehead atoms. The number of carbonyl (C=O) groups is 2. The highest BCUT2D eigenvalue weighted by molar-refractivity contribution is 5.96. The van der Waals surface area contributed by atoms with Crippen LogP contribution in [0.3, 0.4) is 0 Å². The molecule has 0 atom stereocenters. The molecule has 0 fully saturated rings. The number of ether oxygens (including phenoxy) is 2. The number of carbonyl (C=O) groups excluding carboxylic acids is 2. The number of benzene rings is 3. The van der Waals surface area contributed by atoms with Gasteiger partial charge in [0.05, 0.1) is 0 Å². The molecule has 0 aliphatic rings. The molecule has 0 spiro atoms. The summed E-state index contributed by atoms with van der Waals surface area (Å²) in [5, 5.41) is 2.73. The van der Waals surface area contributed by atoms with Crippen LogP contribution in [0, 0.1) is 0 Å². The highest BCUT2D eigenvalue weighted by Crippen LogP contribution is 2.21. The van der Waals surface area contributed by atoms with Crippen molar-refractivity contribution in [3.63, 3.8) is 0 Å². The van der Waals surface area contributed by atoms with Gasteiger partial charge in [-0.2, -0.15) is 0 Å². The predicted molar refractivity (Wildman–Crippen MR) is 117 cm³/mol. The number of rotatable bonds is 8. The Morgan fingerprint density at radius 2 is 1.53 bits per heavy atom. The number of amides is 1. The zero-order valence-electron chi connectivity index (χ0n) is 17.1. The summed E-state index contributed by atoms with van der Waals surface area (Å²) >= 11 is 0. The van der Waals surface area contributed by atoms with Crippen molar-refractivity contribution in [3.8, 4) is 5.75 Å². The SMILES string of the molecule is CC(C)c1ccc(NC(=O)COC(=O)c2ccccc2OCc2ccccc2)cc1. The molecular formula is C25H25NO4. The van der Waals surface area contributed by atoms with Crippen LogP contribution in [-0.4, -0.2) is 18.5 Å². The summed E-state index contributed by atoms with van der Waals surface area (Å²) < 4.78 is 11.0. The van der Waals surface area contributed by atoms with Crippen LogP contribution < -0.4 is 10.1 Å². The molecule has 0 aromatic heterocycles. The molecule has 30 heavy (non-hydrogen) atoms. The lowest BCUT2D eigenvalue weighted by Gasteiger charge is -2.12. The van der Waals surface area contributed by atoms with Crippen LogP contribution in [0.5, 0.6) is 5.75 Å². The average molecular weight is 403 g/mol. The summed E-state index contributed by atoms with van der Waals surface area (Å²) in [6, 6.07) is 24.1. The first-order chi connectivity index (χ1) is 14.5. The Labute approximate surface area is 176 Å². The van der Waals surface area contributed by atoms with E-state index in [1.807, 2.05) is 54.6 Å². The molecule has 3 rings (SSSR count). The molecule has 0 unspecified atom stereocenters. The molecule has 1 amide bonds. The van der Waals surface area contributed by atoms with E-state index in [4.69, 9.17) is 9.47 Å². The van der Waals surface area contributed by atoms with Crippen LogP contribution in [0.25, 0.3) is 0 Å². The van der Waals surface area contributed by atoms with Gasteiger partial charge in [-0.1, -0.05) is 68.4 Å². The van der Waals surface area contributed by atoms with Crippen LogP contribution in [0.2, 0.25) is 0 Å². The minimum atomic E-state index is -0.607. The second kappa shape index (κ2) is 10.3. The molecule has 3 aromatic carbocycles. The molecule has 3 aromatic rings. The van der Waals surface area contributed by atoms with Gasteiger partial charge in [0.15, 0.2) is 6.61 Å². The largest absolute Gasteiger partial charge is 0.488 e. The first kappa shape index (κ1) is 21.1. The minimum Gasteiger partial charge on any atom is -0.488 e. The lowest BCUT2D eigenvalue weighted by atomic mass is 10.0. The number of esters is 1. The molecule has 0 heterocycles. The first-order valence-electron chi connectivity index (χ1n) is 9.85. The van der Waals surface area contributed by atoms with Crippen LogP contribution in [-0.2, 0) is 16.1 Å². The van der Waals surface area contributed by atoms with Crippen molar-refractivity contribution in [1.82, 2.24) is 0 Å². The van der Waals surface area contributed by atoms with Crippen molar-refractivity contribution in [1.29, 1.82) is 0 Å². The van der Waals surface area contributed by atoms with E-state index < -0.39 is 11.9 Å². The van der Waals surface area contributed by atoms with Crippen molar-refractivity contribution < 1.29 is 19.1 Å². The van der Waals surface area contributed by atoms with E-state index >= 15 is 0 Å². The van der Waals surface area contributed by atoms with Crippen LogP contribution in [0.15, 0.2) is 78.9 Å². The summed E-state index contributed by atoms with van der Waals surface area (Å²) in [6.45, 7) is 4.17. The molecule has 0 aliphatic heterocycles. The van der Waals surface area contributed by atoms with Gasteiger partial charge in [-0.3, -0.25) is 4.79 Å². The summed E-state index contributed by atoms with van der Waals surface area (Å²) in [6.07, 6.45) is 0. The van der Waals surface area contributed by atoms with Crippen molar-refractivity contribution in [3.05, 3.63) is 95.6 Å². The Kier molecular flexibility index (Phi) is 7.22. The third-order valence-electron chi connectivity index (χ3n) is 4.54. The molecule has 0 radical (unpaired) electrons. The topological polar surface area (TPSA) is 64.6 Å². The van der Waals surface area contributed by atoms with E-state index in [-0.39, 0.29) is 12.2 Å². The van der Waals surface area contributed by atoms with Crippen molar-refractivity contribution in [2.24, 2.45) is 0 Å². The van der Waals surface area contributed by atoms with Gasteiger partial charge in [0.1, 0.15) is 17.9 Å². The van der Waals surface area contributed by atoms with Gasteiger partial charge in [0.25, 0.3) is 5.91 Å². The van der Waals surface area contributed by atoms with Crippen LogP contribution in [0.4, 0.5) is 5.69 Å². The second-order valence-electron chi connectivity index (χ2n) is 7.17. The quantitative estimate of drug-likeness (QED) is 0.526. The van der Waals surface area contributed by atoms with Gasteiger partial charge in [-0.05, 0) is 41.3 Å². The van der Waals surface area contributed by atoms with E-state index in [0.29, 0.717) is 24.0 Å². The third-order valence-corrected chi connectivity index (χ3v) is 4.54. The van der Waals surface area contributed by atoms with E-state index in [0.717, 1.165) is 5.56 Å². The van der Waals surface area contributed by atoms with E-state index in [1.54, 1.807) is 24.3 Å². The fraction of sp³-hybridized carbons (Fsp3) is 0.200. The number of nitrogens with one attached hydrogen (secondary N) is 1. The second-order valence-corrected chi connectivity index (χ2v) is 7.17. The Morgan fingerprint density at radius 1 is 0.867 bits per heavy atom. The molecule has 154 valence electrons. The van der Waals surface area contributed by atoms with E-state index in [2.05, 4.69) is 19.2 Å². The summed E-state index contributed by atoms with van der Waals surface area (Å²) in [4.78, 5) is 24.6. The van der Waals surface area contributed by atoms with Crippen LogP contribution in [0.1, 0.15) is 41.3 Å². The Balaban J connectivity index is 1.54. The lowest BCUT2D eigenvalue weighted by Crippen LogP contribution is -2.21. The Bertz CT molecular complexity index is 982. The monoisotopic (exact) mass is 403 g/mol. The molecule has 5 heteroatoms. The number of anilines is 1. The third kappa shape index (κ3) is 5.95. The average Bonchev–Trinajstić information content (AvgIpc) is 2.77. The molecule has 1 N–H and O–H groups in total. The highest BCUT2D eigenvalue weighted by Gasteiger charge is 2.15. The molecule has 0 saturated heterocycles. The molecule has 5 nitrogen and oxygen atoms in total. The van der Waals surface area contributed by atoms with E-state index in [9.17, 15) is 9.59 Å². The first-order valence-corrected chi connectivity index (χ1v) is 9.85. The van der Waals surface area contributed by atoms with Gasteiger partial charge in [0.2, 0.25) is 0 Å². The number of hydrogen-bond donors (Lipinski definition) is 1. The van der Waals surface area contributed by atoms with Gasteiger partial charge < -0.3 is 14.8 Å². The maximum Gasteiger partial charge on any atom is 0.342 e. The van der Waals surface area contributed by atoms with Gasteiger partial charge in [-0.15, -0.1) is 0 Å². The normalized spacial score (nSPS) is 10.5. The molecule has 0 saturated carbocycles. The smallest absolute Gasteiger partial charge is 0.342 e. The van der Waals surface area contributed by atoms with Crippen LogP contribution >= 0.6 is 0 Å². The summed E-state index contributed by atoms with van der Waals surface area (Å²) in [5.74, 6) is -0.178. The standard InChI is InChI=1S/C25H25NO4/c1-18(2)20-12-14-21(15-13-20)26-24(27)17-30-25(28)22-10-6-7-11-23(22)29-16-19-8-4-3-5-9-19/h3-15,18H,16-17H2,1-2H3,(H,26,27). The van der Waals surface area contributed by atoms with Gasteiger partial charge in [0, 0.05) is 5.69 Å². The Hall–Kier alpha value is -3.60. The van der Waals surface area contributed by atoms with Crippen molar-refractivity contribution >= 4 is 17.6 Å². The molecular weight excluding hydrogens is 378 g/mol. The zero-order valence-corrected chi connectivity index (χ0v) is 17.1. The van der Waals surface area contributed by atoms with Crippen molar-refractivity contribution in [2.75, 3.05) is 11.9 Å². The zero-order chi connectivity index (χ0) is 21.3. The van der Waals surface area contributed by atoms with E-state index in [1.165, 1.54) is 5.56 Å². The highest BCUT2D eigenvalue weighted by atomic mass is 16.5. The maximum atomic E-state index is 12.5. The fourth-order valence-corrected chi connectivity index (χ4v) is 2.85.